The fourth-order valence-electron chi connectivity index (χ4n) is 3.30. The van der Waals surface area contributed by atoms with Gasteiger partial charge in [0.15, 0.2) is 5.69 Å². The van der Waals surface area contributed by atoms with Crippen LogP contribution in [0.1, 0.15) is 38.2 Å². The average molecular weight is 330 g/mol. The largest absolute Gasteiger partial charge is 0.373 e. The topological polar surface area (TPSA) is 70.2 Å². The van der Waals surface area contributed by atoms with Gasteiger partial charge >= 0.3 is 0 Å². The Morgan fingerprint density at radius 1 is 1.33 bits per heavy atom. The van der Waals surface area contributed by atoms with Crippen molar-refractivity contribution in [3.8, 4) is 0 Å². The number of para-hydroxylation sites is 1. The molecule has 0 aliphatic carbocycles. The molecule has 1 saturated heterocycles. The number of morpholine rings is 1. The first-order valence-electron chi connectivity index (χ1n) is 8.48. The number of H-pyrrole nitrogens is 1. The first kappa shape index (κ1) is 16.9. The maximum Gasteiger partial charge on any atom is 0.272 e. The summed E-state index contributed by atoms with van der Waals surface area (Å²) >= 11 is 0. The third-order valence-corrected chi connectivity index (χ3v) is 4.64. The van der Waals surface area contributed by atoms with E-state index in [0.717, 1.165) is 24.0 Å². The second-order valence-corrected chi connectivity index (χ2v) is 7.28. The second kappa shape index (κ2) is 6.53. The number of ether oxygens (including phenoxy) is 1. The molecule has 24 heavy (non-hydrogen) atoms. The van der Waals surface area contributed by atoms with Gasteiger partial charge in [0.05, 0.1) is 17.7 Å². The van der Waals surface area contributed by atoms with Crippen LogP contribution >= 0.6 is 0 Å². The molecule has 1 aromatic carbocycles. The van der Waals surface area contributed by atoms with E-state index >= 15 is 0 Å². The summed E-state index contributed by atoms with van der Waals surface area (Å²) in [7, 11) is 0. The number of aromatic amines is 1. The van der Waals surface area contributed by atoms with E-state index in [0.29, 0.717) is 12.2 Å². The number of carbonyl (C=O) groups is 1. The van der Waals surface area contributed by atoms with Crippen molar-refractivity contribution in [2.45, 2.75) is 45.4 Å². The van der Waals surface area contributed by atoms with Crippen molar-refractivity contribution in [3.63, 3.8) is 0 Å². The Morgan fingerprint density at radius 2 is 2.00 bits per heavy atom. The zero-order chi connectivity index (χ0) is 17.3. The Hall–Kier alpha value is -1.92. The molecule has 2 atom stereocenters. The van der Waals surface area contributed by atoms with Gasteiger partial charge in [0.25, 0.3) is 5.91 Å². The van der Waals surface area contributed by atoms with Crippen LogP contribution < -0.4 is 5.32 Å². The number of amides is 1. The summed E-state index contributed by atoms with van der Waals surface area (Å²) in [6.45, 7) is 10.8. The highest BCUT2D eigenvalue weighted by molar-refractivity contribution is 6.04. The highest BCUT2D eigenvalue weighted by Crippen LogP contribution is 2.21. The highest BCUT2D eigenvalue weighted by atomic mass is 16.5. The molecule has 0 unspecified atom stereocenters. The minimum absolute atomic E-state index is 0.144. The van der Waals surface area contributed by atoms with Crippen molar-refractivity contribution in [2.75, 3.05) is 19.6 Å². The third-order valence-electron chi connectivity index (χ3n) is 4.64. The van der Waals surface area contributed by atoms with E-state index in [4.69, 9.17) is 4.74 Å². The lowest BCUT2D eigenvalue weighted by Crippen LogP contribution is -2.58. The summed E-state index contributed by atoms with van der Waals surface area (Å²) in [4.78, 5) is 14.9. The quantitative estimate of drug-likeness (QED) is 0.901. The van der Waals surface area contributed by atoms with Gasteiger partial charge < -0.3 is 10.1 Å². The number of nitrogens with one attached hydrogen (secondary N) is 2. The van der Waals surface area contributed by atoms with Crippen LogP contribution in [0.2, 0.25) is 0 Å². The minimum atomic E-state index is -0.145. The zero-order valence-electron chi connectivity index (χ0n) is 14.8. The molecule has 1 aliphatic heterocycles. The molecule has 6 nitrogen and oxygen atoms in total. The predicted molar refractivity (Wildman–Crippen MR) is 94.1 cm³/mol. The first-order chi connectivity index (χ1) is 11.4. The van der Waals surface area contributed by atoms with Crippen molar-refractivity contribution < 1.29 is 9.53 Å². The molecule has 2 N–H and O–H groups in total. The zero-order valence-corrected chi connectivity index (χ0v) is 14.8. The van der Waals surface area contributed by atoms with Crippen LogP contribution in [0.25, 0.3) is 10.9 Å². The fraction of sp³-hybridized carbons (Fsp3) is 0.556. The maximum atomic E-state index is 12.5. The van der Waals surface area contributed by atoms with Crippen molar-refractivity contribution in [1.29, 1.82) is 0 Å². The monoisotopic (exact) mass is 330 g/mol. The molecular weight excluding hydrogens is 304 g/mol. The van der Waals surface area contributed by atoms with Gasteiger partial charge in [-0.3, -0.25) is 14.8 Å². The third kappa shape index (κ3) is 3.44. The van der Waals surface area contributed by atoms with E-state index in [1.807, 2.05) is 24.3 Å². The lowest BCUT2D eigenvalue weighted by atomic mass is 10.00. The van der Waals surface area contributed by atoms with Crippen LogP contribution in [-0.2, 0) is 4.74 Å². The lowest BCUT2D eigenvalue weighted by Gasteiger charge is -2.45. The number of hydrogen-bond donors (Lipinski definition) is 2. The van der Waals surface area contributed by atoms with Crippen LogP contribution in [-0.4, -0.2) is 58.4 Å². The summed E-state index contributed by atoms with van der Waals surface area (Å²) in [5.74, 6) is -0.144. The smallest absolute Gasteiger partial charge is 0.272 e. The van der Waals surface area contributed by atoms with Gasteiger partial charge in [-0.15, -0.1) is 0 Å². The standard InChI is InChI=1S/C18H26N4O2/c1-12-9-22(10-13(2)24-12)18(3,4)11-19-17(23)16-14-7-5-6-8-15(14)20-21-16/h5-8,12-13H,9-11H2,1-4H3,(H,19,23)(H,20,21)/t12-,13+. The highest BCUT2D eigenvalue weighted by Gasteiger charge is 2.33. The minimum Gasteiger partial charge on any atom is -0.373 e. The van der Waals surface area contributed by atoms with Crippen LogP contribution in [0, 0.1) is 0 Å². The van der Waals surface area contributed by atoms with Gasteiger partial charge in [0.1, 0.15) is 0 Å². The Labute approximate surface area is 142 Å². The fourth-order valence-corrected chi connectivity index (χ4v) is 3.30. The predicted octanol–water partition coefficient (Wildman–Crippen LogP) is 2.18. The van der Waals surface area contributed by atoms with Crippen LogP contribution in [0.5, 0.6) is 0 Å². The van der Waals surface area contributed by atoms with Crippen molar-refractivity contribution >= 4 is 16.8 Å². The number of benzene rings is 1. The molecule has 6 heteroatoms. The summed E-state index contributed by atoms with van der Waals surface area (Å²) in [6, 6.07) is 7.66. The van der Waals surface area contributed by atoms with Crippen molar-refractivity contribution in [1.82, 2.24) is 20.4 Å². The van der Waals surface area contributed by atoms with E-state index < -0.39 is 0 Å². The molecule has 0 bridgehead atoms. The number of rotatable bonds is 4. The Balaban J connectivity index is 1.66. The number of carbonyl (C=O) groups excluding carboxylic acids is 1. The van der Waals surface area contributed by atoms with E-state index in [1.165, 1.54) is 0 Å². The van der Waals surface area contributed by atoms with Crippen molar-refractivity contribution in [2.24, 2.45) is 0 Å². The second-order valence-electron chi connectivity index (χ2n) is 7.28. The molecule has 1 aromatic heterocycles. The SMILES string of the molecule is C[C@@H]1CN(C(C)(C)CNC(=O)c2n[nH]c3ccccc23)C[C@H](C)O1. The van der Waals surface area contributed by atoms with E-state index in [2.05, 4.69) is 48.1 Å². The lowest BCUT2D eigenvalue weighted by molar-refractivity contribution is -0.0948. The summed E-state index contributed by atoms with van der Waals surface area (Å²) in [6.07, 6.45) is 0.415. The van der Waals surface area contributed by atoms with Crippen LogP contribution in [0.4, 0.5) is 0 Å². The summed E-state index contributed by atoms with van der Waals surface area (Å²) in [5, 5.41) is 11.0. The van der Waals surface area contributed by atoms with Gasteiger partial charge in [-0.05, 0) is 33.8 Å². The molecule has 0 spiro atoms. The molecule has 2 heterocycles. The van der Waals surface area contributed by atoms with E-state index in [-0.39, 0.29) is 23.7 Å². The van der Waals surface area contributed by atoms with Gasteiger partial charge in [0.2, 0.25) is 0 Å². The van der Waals surface area contributed by atoms with Crippen LogP contribution in [0.15, 0.2) is 24.3 Å². The molecule has 0 saturated carbocycles. The molecule has 130 valence electrons. The molecule has 0 radical (unpaired) electrons. The number of aromatic nitrogens is 2. The molecule has 1 fully saturated rings. The van der Waals surface area contributed by atoms with E-state index in [9.17, 15) is 4.79 Å². The number of hydrogen-bond acceptors (Lipinski definition) is 4. The molecule has 1 aliphatic rings. The van der Waals surface area contributed by atoms with Crippen molar-refractivity contribution in [3.05, 3.63) is 30.0 Å². The van der Waals surface area contributed by atoms with Gasteiger partial charge in [-0.2, -0.15) is 5.10 Å². The van der Waals surface area contributed by atoms with E-state index in [1.54, 1.807) is 0 Å². The van der Waals surface area contributed by atoms with Crippen LogP contribution in [0.3, 0.4) is 0 Å². The van der Waals surface area contributed by atoms with Gasteiger partial charge in [0, 0.05) is 30.6 Å². The van der Waals surface area contributed by atoms with Gasteiger partial charge in [-0.1, -0.05) is 18.2 Å². The Bertz CT molecular complexity index is 715. The average Bonchev–Trinajstić information content (AvgIpc) is 2.96. The van der Waals surface area contributed by atoms with Gasteiger partial charge in [-0.25, -0.2) is 0 Å². The molecule has 3 rings (SSSR count). The Morgan fingerprint density at radius 3 is 2.71 bits per heavy atom. The first-order valence-corrected chi connectivity index (χ1v) is 8.48. The molecule has 2 aromatic rings. The number of nitrogens with zero attached hydrogens (tertiary/aromatic N) is 2. The normalized spacial score (nSPS) is 22.7. The number of fused-ring (bicyclic) bond motifs is 1. The summed E-state index contributed by atoms with van der Waals surface area (Å²) < 4.78 is 5.80. The molecular formula is C18H26N4O2. The molecule has 1 amide bonds. The maximum absolute atomic E-state index is 12.5. The summed E-state index contributed by atoms with van der Waals surface area (Å²) in [5.41, 5.74) is 1.18. The Kier molecular flexibility index (Phi) is 4.60.